The molecular formula is C23H27N3O3. The molecule has 0 bridgehead atoms. The van der Waals surface area contributed by atoms with Gasteiger partial charge in [-0.1, -0.05) is 24.3 Å². The zero-order chi connectivity index (χ0) is 20.7. The van der Waals surface area contributed by atoms with Crippen molar-refractivity contribution in [1.82, 2.24) is 14.5 Å². The number of hydrogen-bond donors (Lipinski definition) is 0. The zero-order valence-electron chi connectivity index (χ0n) is 17.7. The molecule has 1 atom stereocenters. The lowest BCUT2D eigenvalue weighted by Gasteiger charge is -2.29. The quantitative estimate of drug-likeness (QED) is 0.677. The van der Waals surface area contributed by atoms with Crippen molar-refractivity contribution in [1.29, 1.82) is 0 Å². The Bertz CT molecular complexity index is 1080. The van der Waals surface area contributed by atoms with Crippen molar-refractivity contribution in [2.24, 2.45) is 7.05 Å². The van der Waals surface area contributed by atoms with Gasteiger partial charge < -0.3 is 18.9 Å². The zero-order valence-corrected chi connectivity index (χ0v) is 17.7. The van der Waals surface area contributed by atoms with E-state index in [4.69, 9.17) is 14.5 Å². The molecule has 4 rings (SSSR count). The van der Waals surface area contributed by atoms with Crippen LogP contribution in [-0.2, 0) is 24.8 Å². The molecule has 0 saturated heterocycles. The number of amides is 1. The summed E-state index contributed by atoms with van der Waals surface area (Å²) < 4.78 is 13.9. The Morgan fingerprint density at radius 2 is 2.10 bits per heavy atom. The third-order valence-electron chi connectivity index (χ3n) is 5.71. The van der Waals surface area contributed by atoms with Crippen molar-refractivity contribution < 1.29 is 14.3 Å². The highest BCUT2D eigenvalue weighted by Gasteiger charge is 2.30. The molecule has 6 heteroatoms. The number of aromatic nitrogens is 2. The number of imidazole rings is 1. The van der Waals surface area contributed by atoms with Crippen molar-refractivity contribution >= 4 is 16.9 Å². The standard InChI is InChI=1S/C23H27N3O3/c1-14-24-21-19(26(14)4)12-18(23(27)25(2)3)17-10-11-20(29-22(17)21)16-9-7-6-8-15(16)13-28-5/h6-9,12,20H,10-11,13H2,1-5H3/t20-/m0/s1. The van der Waals surface area contributed by atoms with Gasteiger partial charge in [0.2, 0.25) is 0 Å². The third-order valence-corrected chi connectivity index (χ3v) is 5.71. The first-order chi connectivity index (χ1) is 13.9. The van der Waals surface area contributed by atoms with Crippen LogP contribution >= 0.6 is 0 Å². The van der Waals surface area contributed by atoms with Crippen molar-refractivity contribution in [3.63, 3.8) is 0 Å². The molecule has 0 N–H and O–H groups in total. The molecule has 0 saturated carbocycles. The maximum Gasteiger partial charge on any atom is 0.253 e. The molecule has 0 spiro atoms. The Morgan fingerprint density at radius 1 is 1.34 bits per heavy atom. The highest BCUT2D eigenvalue weighted by atomic mass is 16.5. The molecule has 6 nitrogen and oxygen atoms in total. The summed E-state index contributed by atoms with van der Waals surface area (Å²) >= 11 is 0. The van der Waals surface area contributed by atoms with E-state index in [9.17, 15) is 4.79 Å². The third kappa shape index (κ3) is 3.27. The van der Waals surface area contributed by atoms with E-state index in [1.165, 1.54) is 0 Å². The van der Waals surface area contributed by atoms with Gasteiger partial charge in [0, 0.05) is 39.4 Å². The monoisotopic (exact) mass is 393 g/mol. The van der Waals surface area contributed by atoms with Crippen LogP contribution in [0.15, 0.2) is 30.3 Å². The predicted molar refractivity (Wildman–Crippen MR) is 112 cm³/mol. The number of carbonyl (C=O) groups is 1. The van der Waals surface area contributed by atoms with E-state index in [0.717, 1.165) is 52.1 Å². The molecule has 2 heterocycles. The van der Waals surface area contributed by atoms with Crippen molar-refractivity contribution in [3.8, 4) is 5.75 Å². The van der Waals surface area contributed by atoms with Crippen LogP contribution in [0.4, 0.5) is 0 Å². The molecule has 0 radical (unpaired) electrons. The molecule has 2 aromatic carbocycles. The molecule has 1 amide bonds. The number of rotatable bonds is 4. The number of benzene rings is 2. The average Bonchev–Trinajstić information content (AvgIpc) is 3.01. The molecule has 1 aliphatic rings. The fourth-order valence-electron chi connectivity index (χ4n) is 4.09. The predicted octanol–water partition coefficient (Wildman–Crippen LogP) is 3.80. The first-order valence-corrected chi connectivity index (χ1v) is 9.86. The van der Waals surface area contributed by atoms with Crippen molar-refractivity contribution in [2.45, 2.75) is 32.5 Å². The molecule has 29 heavy (non-hydrogen) atoms. The number of nitrogens with zero attached hydrogens (tertiary/aromatic N) is 3. The summed E-state index contributed by atoms with van der Waals surface area (Å²) in [7, 11) is 7.23. The van der Waals surface area contributed by atoms with Gasteiger partial charge in [-0.3, -0.25) is 4.79 Å². The largest absolute Gasteiger partial charge is 0.483 e. The number of fused-ring (bicyclic) bond motifs is 3. The van der Waals surface area contributed by atoms with E-state index in [1.54, 1.807) is 26.1 Å². The van der Waals surface area contributed by atoms with Gasteiger partial charge in [0.05, 0.1) is 12.1 Å². The molecule has 0 fully saturated rings. The van der Waals surface area contributed by atoms with E-state index < -0.39 is 0 Å². The van der Waals surface area contributed by atoms with Crippen LogP contribution in [0, 0.1) is 6.92 Å². The number of carbonyl (C=O) groups excluding carboxylic acids is 1. The Hall–Kier alpha value is -2.86. The lowest BCUT2D eigenvalue weighted by atomic mass is 9.91. The molecule has 0 unspecified atom stereocenters. The van der Waals surface area contributed by atoms with Gasteiger partial charge in [-0.05, 0) is 37.0 Å². The first-order valence-electron chi connectivity index (χ1n) is 9.86. The minimum atomic E-state index is -0.0935. The molecule has 152 valence electrons. The summed E-state index contributed by atoms with van der Waals surface area (Å²) in [4.78, 5) is 19.3. The Labute approximate surface area is 171 Å². The van der Waals surface area contributed by atoms with E-state index in [2.05, 4.69) is 12.1 Å². The normalized spacial score (nSPS) is 15.8. The number of aryl methyl sites for hydroxylation is 2. The van der Waals surface area contributed by atoms with Crippen molar-refractivity contribution in [2.75, 3.05) is 21.2 Å². The van der Waals surface area contributed by atoms with E-state index in [1.807, 2.05) is 36.7 Å². The van der Waals surface area contributed by atoms with Gasteiger partial charge in [0.1, 0.15) is 17.4 Å². The maximum absolute atomic E-state index is 12.9. The molecular weight excluding hydrogens is 366 g/mol. The van der Waals surface area contributed by atoms with Gasteiger partial charge in [-0.2, -0.15) is 0 Å². The van der Waals surface area contributed by atoms with Gasteiger partial charge in [0.15, 0.2) is 5.75 Å². The van der Waals surface area contributed by atoms with Gasteiger partial charge in [-0.15, -0.1) is 0 Å². The summed E-state index contributed by atoms with van der Waals surface area (Å²) in [6, 6.07) is 10.2. The molecule has 3 aromatic rings. The summed E-state index contributed by atoms with van der Waals surface area (Å²) in [5.74, 6) is 1.62. The second-order valence-electron chi connectivity index (χ2n) is 7.79. The minimum Gasteiger partial charge on any atom is -0.483 e. The minimum absolute atomic E-state index is 0.0103. The Kier molecular flexibility index (Phi) is 5.04. The van der Waals surface area contributed by atoms with E-state index in [-0.39, 0.29) is 12.0 Å². The summed E-state index contributed by atoms with van der Waals surface area (Å²) in [5.41, 5.74) is 5.64. The second kappa shape index (κ2) is 7.52. The van der Waals surface area contributed by atoms with Crippen LogP contribution in [0.25, 0.3) is 11.0 Å². The fraction of sp³-hybridized carbons (Fsp3) is 0.391. The highest BCUT2D eigenvalue weighted by Crippen LogP contribution is 2.42. The Morgan fingerprint density at radius 3 is 2.83 bits per heavy atom. The molecule has 0 aliphatic carbocycles. The van der Waals surface area contributed by atoms with E-state index in [0.29, 0.717) is 12.2 Å². The van der Waals surface area contributed by atoms with Crippen LogP contribution in [0.3, 0.4) is 0 Å². The topological polar surface area (TPSA) is 56.6 Å². The first kappa shape index (κ1) is 19.5. The lowest BCUT2D eigenvalue weighted by molar-refractivity contribution is 0.0823. The summed E-state index contributed by atoms with van der Waals surface area (Å²) in [5, 5.41) is 0. The molecule has 1 aromatic heterocycles. The van der Waals surface area contributed by atoms with Gasteiger partial charge in [-0.25, -0.2) is 4.98 Å². The van der Waals surface area contributed by atoms with Gasteiger partial charge in [0.25, 0.3) is 5.91 Å². The van der Waals surface area contributed by atoms with Gasteiger partial charge >= 0.3 is 0 Å². The van der Waals surface area contributed by atoms with Crippen LogP contribution < -0.4 is 4.74 Å². The molecule has 1 aliphatic heterocycles. The van der Waals surface area contributed by atoms with Crippen LogP contribution in [0.2, 0.25) is 0 Å². The summed E-state index contributed by atoms with van der Waals surface area (Å²) in [6.45, 7) is 2.51. The van der Waals surface area contributed by atoms with E-state index >= 15 is 0 Å². The number of hydrogen-bond acceptors (Lipinski definition) is 4. The SMILES string of the molecule is COCc1ccccc1[C@@H]1CCc2c(C(=O)N(C)C)cc3c(nc(C)n3C)c2O1. The van der Waals surface area contributed by atoms with Crippen LogP contribution in [-0.4, -0.2) is 41.6 Å². The maximum atomic E-state index is 12.9. The lowest BCUT2D eigenvalue weighted by Crippen LogP contribution is -2.25. The Balaban J connectivity index is 1.86. The number of ether oxygens (including phenoxy) is 2. The van der Waals surface area contributed by atoms with Crippen LogP contribution in [0.5, 0.6) is 5.75 Å². The highest BCUT2D eigenvalue weighted by molar-refractivity contribution is 6.01. The number of methoxy groups -OCH3 is 1. The summed E-state index contributed by atoms with van der Waals surface area (Å²) in [6.07, 6.45) is 1.48. The van der Waals surface area contributed by atoms with Crippen LogP contribution in [0.1, 0.15) is 45.4 Å². The average molecular weight is 393 g/mol. The smallest absolute Gasteiger partial charge is 0.253 e. The second-order valence-corrected chi connectivity index (χ2v) is 7.79. The van der Waals surface area contributed by atoms with Crippen molar-refractivity contribution in [3.05, 3.63) is 58.4 Å². The fourth-order valence-corrected chi connectivity index (χ4v) is 4.09.